The van der Waals surface area contributed by atoms with E-state index in [1.165, 1.54) is 23.8 Å². The van der Waals surface area contributed by atoms with Crippen molar-refractivity contribution in [2.45, 2.75) is 58.1 Å². The standard InChI is InChI=1S/C31H38N4O4S/c1-19(2)39-27-11-8-21(17-26(27)32-3)30-33-18-28(40-30)24-7-5-6-23-22(24)9-10-25(23)34-31(37)35-14-12-20(13-15-35)16-29(36)38-4/h5-8,11,17-20,25,32H,9-10,12-16H2,1-4H3,(H,34,37)/t25-/m0/s1. The van der Waals surface area contributed by atoms with E-state index >= 15 is 0 Å². The Morgan fingerprint density at radius 3 is 2.67 bits per heavy atom. The summed E-state index contributed by atoms with van der Waals surface area (Å²) in [5.41, 5.74) is 5.65. The highest BCUT2D eigenvalue weighted by atomic mass is 32.1. The van der Waals surface area contributed by atoms with Crippen LogP contribution >= 0.6 is 11.3 Å². The highest BCUT2D eigenvalue weighted by Gasteiger charge is 2.30. The lowest BCUT2D eigenvalue weighted by atomic mass is 9.94. The zero-order valence-electron chi connectivity index (χ0n) is 23.7. The number of anilines is 1. The minimum Gasteiger partial charge on any atom is -0.489 e. The number of hydrogen-bond donors (Lipinski definition) is 2. The van der Waals surface area contributed by atoms with Crippen LogP contribution in [0.5, 0.6) is 5.75 Å². The molecule has 0 bridgehead atoms. The van der Waals surface area contributed by atoms with Crippen LogP contribution in [0.15, 0.2) is 42.6 Å². The van der Waals surface area contributed by atoms with Crippen LogP contribution in [0.4, 0.5) is 10.5 Å². The van der Waals surface area contributed by atoms with Crippen LogP contribution in [-0.4, -0.2) is 55.2 Å². The third-order valence-electron chi connectivity index (χ3n) is 7.78. The van der Waals surface area contributed by atoms with E-state index in [9.17, 15) is 9.59 Å². The zero-order chi connectivity index (χ0) is 28.2. The van der Waals surface area contributed by atoms with Crippen molar-refractivity contribution in [3.05, 3.63) is 53.7 Å². The molecule has 1 aliphatic carbocycles. The van der Waals surface area contributed by atoms with Gasteiger partial charge in [-0.2, -0.15) is 0 Å². The van der Waals surface area contributed by atoms with E-state index in [4.69, 9.17) is 14.5 Å². The van der Waals surface area contributed by atoms with Crippen molar-refractivity contribution in [2.24, 2.45) is 5.92 Å². The van der Waals surface area contributed by atoms with Crippen LogP contribution in [0.25, 0.3) is 21.0 Å². The van der Waals surface area contributed by atoms with Gasteiger partial charge in [0.15, 0.2) is 0 Å². The van der Waals surface area contributed by atoms with Crippen molar-refractivity contribution in [3.63, 3.8) is 0 Å². The maximum atomic E-state index is 13.1. The fourth-order valence-corrected chi connectivity index (χ4v) is 6.65. The van der Waals surface area contributed by atoms with Crippen LogP contribution in [0, 0.1) is 5.92 Å². The molecule has 9 heteroatoms. The van der Waals surface area contributed by atoms with E-state index in [0.717, 1.165) is 52.6 Å². The number of carbonyl (C=O) groups is 2. The Labute approximate surface area is 240 Å². The number of piperidine rings is 1. The molecule has 2 amide bonds. The highest BCUT2D eigenvalue weighted by molar-refractivity contribution is 7.18. The number of thiazole rings is 1. The van der Waals surface area contributed by atoms with Gasteiger partial charge in [0.05, 0.1) is 29.8 Å². The molecular weight excluding hydrogens is 524 g/mol. The summed E-state index contributed by atoms with van der Waals surface area (Å²) in [6, 6.07) is 12.5. The van der Waals surface area contributed by atoms with Gasteiger partial charge in [0, 0.05) is 38.3 Å². The molecule has 212 valence electrons. The minimum atomic E-state index is -0.175. The van der Waals surface area contributed by atoms with Gasteiger partial charge in [-0.3, -0.25) is 4.79 Å². The molecule has 2 aliphatic rings. The molecule has 2 N–H and O–H groups in total. The molecule has 1 atom stereocenters. The van der Waals surface area contributed by atoms with E-state index in [-0.39, 0.29) is 30.1 Å². The lowest BCUT2D eigenvalue weighted by molar-refractivity contribution is -0.142. The van der Waals surface area contributed by atoms with Crippen LogP contribution < -0.4 is 15.4 Å². The average molecular weight is 563 g/mol. The molecule has 2 aromatic carbocycles. The number of ether oxygens (including phenoxy) is 2. The molecule has 40 heavy (non-hydrogen) atoms. The van der Waals surface area contributed by atoms with E-state index in [2.05, 4.69) is 41.0 Å². The van der Waals surface area contributed by atoms with Crippen molar-refractivity contribution >= 4 is 29.0 Å². The summed E-state index contributed by atoms with van der Waals surface area (Å²) in [6.07, 6.45) is 5.93. The molecule has 0 saturated carbocycles. The van der Waals surface area contributed by atoms with Gasteiger partial charge in [-0.15, -0.1) is 11.3 Å². The third kappa shape index (κ3) is 6.09. The number of likely N-dealkylation sites (tertiary alicyclic amines) is 1. The average Bonchev–Trinajstić information content (AvgIpc) is 3.61. The zero-order valence-corrected chi connectivity index (χ0v) is 24.5. The molecule has 1 saturated heterocycles. The smallest absolute Gasteiger partial charge is 0.317 e. The van der Waals surface area contributed by atoms with Gasteiger partial charge in [-0.05, 0) is 80.3 Å². The molecule has 1 aromatic heterocycles. The number of esters is 1. The topological polar surface area (TPSA) is 92.8 Å². The summed E-state index contributed by atoms with van der Waals surface area (Å²) in [7, 11) is 3.32. The molecule has 2 heterocycles. The molecule has 0 radical (unpaired) electrons. The second kappa shape index (κ2) is 12.3. The van der Waals surface area contributed by atoms with Crippen molar-refractivity contribution in [1.29, 1.82) is 0 Å². The molecule has 0 spiro atoms. The summed E-state index contributed by atoms with van der Waals surface area (Å²) in [4.78, 5) is 32.4. The van der Waals surface area contributed by atoms with E-state index in [1.807, 2.05) is 38.1 Å². The number of carbonyl (C=O) groups excluding carboxylic acids is 2. The molecule has 3 aromatic rings. The van der Waals surface area contributed by atoms with Crippen molar-refractivity contribution in [3.8, 4) is 26.8 Å². The van der Waals surface area contributed by atoms with Crippen LogP contribution in [0.3, 0.4) is 0 Å². The maximum Gasteiger partial charge on any atom is 0.317 e. The normalized spacial score (nSPS) is 17.0. The number of methoxy groups -OCH3 is 1. The van der Waals surface area contributed by atoms with E-state index in [0.29, 0.717) is 19.5 Å². The summed E-state index contributed by atoms with van der Waals surface area (Å²) in [6.45, 7) is 5.37. The first-order chi connectivity index (χ1) is 19.4. The Hall–Kier alpha value is -3.59. The number of urea groups is 1. The molecular formula is C31H38N4O4S. The first-order valence-corrected chi connectivity index (χ1v) is 14.9. The Morgan fingerprint density at radius 1 is 1.15 bits per heavy atom. The highest BCUT2D eigenvalue weighted by Crippen LogP contribution is 2.42. The Balaban J connectivity index is 1.27. The summed E-state index contributed by atoms with van der Waals surface area (Å²) in [5, 5.41) is 7.47. The molecule has 1 fully saturated rings. The van der Waals surface area contributed by atoms with Gasteiger partial charge in [-0.25, -0.2) is 9.78 Å². The van der Waals surface area contributed by atoms with Crippen molar-refractivity contribution in [1.82, 2.24) is 15.2 Å². The lowest BCUT2D eigenvalue weighted by Gasteiger charge is -2.32. The second-order valence-electron chi connectivity index (χ2n) is 10.8. The Bertz CT molecular complexity index is 1360. The fraction of sp³-hybridized carbons (Fsp3) is 0.452. The van der Waals surface area contributed by atoms with E-state index in [1.54, 1.807) is 11.3 Å². The molecule has 5 rings (SSSR count). The quantitative estimate of drug-likeness (QED) is 0.314. The predicted octanol–water partition coefficient (Wildman–Crippen LogP) is 6.28. The van der Waals surface area contributed by atoms with Gasteiger partial charge in [-0.1, -0.05) is 18.2 Å². The Kier molecular flexibility index (Phi) is 8.59. The SMILES string of the molecule is CNc1cc(-c2ncc(-c3cccc4c3CC[C@@H]4NC(=O)N3CCC(CC(=O)OC)CC3)s2)ccc1OC(C)C. The number of nitrogens with zero attached hydrogens (tertiary/aromatic N) is 2. The van der Waals surface area contributed by atoms with E-state index < -0.39 is 0 Å². The number of benzene rings is 2. The van der Waals surface area contributed by atoms with Crippen LogP contribution in [0.2, 0.25) is 0 Å². The molecule has 0 unspecified atom stereocenters. The van der Waals surface area contributed by atoms with Gasteiger partial charge < -0.3 is 25.0 Å². The fourth-order valence-electron chi connectivity index (χ4n) is 5.68. The number of fused-ring (bicyclic) bond motifs is 1. The number of rotatable bonds is 8. The third-order valence-corrected chi connectivity index (χ3v) is 8.86. The predicted molar refractivity (Wildman–Crippen MR) is 159 cm³/mol. The lowest BCUT2D eigenvalue weighted by Crippen LogP contribution is -2.45. The number of amides is 2. The van der Waals surface area contributed by atoms with Crippen molar-refractivity contribution < 1.29 is 19.1 Å². The maximum absolute atomic E-state index is 13.1. The first kappa shape index (κ1) is 28.0. The second-order valence-corrected chi connectivity index (χ2v) is 11.8. The monoisotopic (exact) mass is 562 g/mol. The molecule has 8 nitrogen and oxygen atoms in total. The van der Waals surface area contributed by atoms with Gasteiger partial charge in [0.2, 0.25) is 0 Å². The van der Waals surface area contributed by atoms with Gasteiger partial charge in [0.1, 0.15) is 10.8 Å². The number of hydrogen-bond acceptors (Lipinski definition) is 7. The van der Waals surface area contributed by atoms with Crippen LogP contribution in [0.1, 0.15) is 56.7 Å². The summed E-state index contributed by atoms with van der Waals surface area (Å²) in [5.74, 6) is 0.940. The first-order valence-electron chi connectivity index (χ1n) is 14.0. The van der Waals surface area contributed by atoms with Crippen LogP contribution in [-0.2, 0) is 16.0 Å². The summed E-state index contributed by atoms with van der Waals surface area (Å²) >= 11 is 1.68. The van der Waals surface area contributed by atoms with Gasteiger partial charge >= 0.3 is 12.0 Å². The van der Waals surface area contributed by atoms with Crippen molar-refractivity contribution in [2.75, 3.05) is 32.6 Å². The Morgan fingerprint density at radius 2 is 1.95 bits per heavy atom. The summed E-state index contributed by atoms with van der Waals surface area (Å²) < 4.78 is 10.7. The molecule has 1 aliphatic heterocycles. The largest absolute Gasteiger partial charge is 0.489 e. The van der Waals surface area contributed by atoms with Gasteiger partial charge in [0.25, 0.3) is 0 Å². The minimum absolute atomic E-state index is 0.00526. The number of nitrogens with one attached hydrogen (secondary N) is 2. The number of aromatic nitrogens is 1.